The second-order valence-electron chi connectivity index (χ2n) is 3.08. The normalized spacial score (nSPS) is 11.5. The summed E-state index contributed by atoms with van der Waals surface area (Å²) in [6.45, 7) is 1.84. The maximum atomic E-state index is 5.89. The molecule has 0 fully saturated rings. The molecular formula is C12H15N. The SMILES string of the molecule is CC#CCC(N)Cc1ccccc1. The van der Waals surface area contributed by atoms with Crippen LogP contribution in [-0.4, -0.2) is 6.04 Å². The van der Waals surface area contributed by atoms with Gasteiger partial charge in [-0.1, -0.05) is 30.3 Å². The Morgan fingerprint density at radius 2 is 2.00 bits per heavy atom. The fourth-order valence-corrected chi connectivity index (χ4v) is 1.22. The summed E-state index contributed by atoms with van der Waals surface area (Å²) in [5.41, 5.74) is 7.17. The third kappa shape index (κ3) is 3.78. The van der Waals surface area contributed by atoms with Gasteiger partial charge in [0.1, 0.15) is 0 Å². The van der Waals surface area contributed by atoms with Crippen molar-refractivity contribution in [2.45, 2.75) is 25.8 Å². The average Bonchev–Trinajstić information content (AvgIpc) is 2.16. The molecule has 13 heavy (non-hydrogen) atoms. The molecule has 1 rings (SSSR count). The molecule has 1 heteroatoms. The Morgan fingerprint density at radius 1 is 1.31 bits per heavy atom. The van der Waals surface area contributed by atoms with Crippen LogP contribution in [0, 0.1) is 11.8 Å². The third-order valence-electron chi connectivity index (χ3n) is 1.88. The molecule has 0 radical (unpaired) electrons. The van der Waals surface area contributed by atoms with Crippen molar-refractivity contribution in [1.82, 2.24) is 0 Å². The molecule has 0 aromatic heterocycles. The van der Waals surface area contributed by atoms with Crippen molar-refractivity contribution in [2.24, 2.45) is 5.73 Å². The van der Waals surface area contributed by atoms with Crippen LogP contribution in [0.2, 0.25) is 0 Å². The lowest BCUT2D eigenvalue weighted by atomic mass is 10.0. The van der Waals surface area contributed by atoms with Crippen molar-refractivity contribution in [2.75, 3.05) is 0 Å². The molecule has 0 saturated heterocycles. The molecule has 0 spiro atoms. The van der Waals surface area contributed by atoms with Gasteiger partial charge in [0, 0.05) is 12.5 Å². The van der Waals surface area contributed by atoms with Gasteiger partial charge < -0.3 is 5.73 Å². The summed E-state index contributed by atoms with van der Waals surface area (Å²) in [4.78, 5) is 0. The van der Waals surface area contributed by atoms with E-state index in [1.807, 2.05) is 25.1 Å². The van der Waals surface area contributed by atoms with E-state index in [2.05, 4.69) is 24.0 Å². The van der Waals surface area contributed by atoms with Crippen LogP contribution in [0.4, 0.5) is 0 Å². The zero-order valence-corrected chi connectivity index (χ0v) is 7.96. The Hall–Kier alpha value is -1.26. The highest BCUT2D eigenvalue weighted by Crippen LogP contribution is 2.03. The summed E-state index contributed by atoms with van der Waals surface area (Å²) in [7, 11) is 0. The maximum Gasteiger partial charge on any atom is 0.0244 e. The van der Waals surface area contributed by atoms with E-state index in [4.69, 9.17) is 5.73 Å². The highest BCUT2D eigenvalue weighted by molar-refractivity contribution is 5.16. The Balaban J connectivity index is 2.44. The largest absolute Gasteiger partial charge is 0.327 e. The molecule has 0 aliphatic carbocycles. The Kier molecular flexibility index (Phi) is 4.08. The Morgan fingerprint density at radius 3 is 2.62 bits per heavy atom. The first-order valence-electron chi connectivity index (χ1n) is 4.52. The molecule has 0 saturated carbocycles. The first-order valence-corrected chi connectivity index (χ1v) is 4.52. The molecule has 1 unspecified atom stereocenters. The van der Waals surface area contributed by atoms with E-state index in [1.54, 1.807) is 0 Å². The zero-order chi connectivity index (χ0) is 9.52. The van der Waals surface area contributed by atoms with E-state index in [-0.39, 0.29) is 6.04 Å². The van der Waals surface area contributed by atoms with Crippen LogP contribution < -0.4 is 5.73 Å². The topological polar surface area (TPSA) is 26.0 Å². The Labute approximate surface area is 80.0 Å². The number of benzene rings is 1. The van der Waals surface area contributed by atoms with Gasteiger partial charge in [0.25, 0.3) is 0 Å². The number of hydrogen-bond donors (Lipinski definition) is 1. The fraction of sp³-hybridized carbons (Fsp3) is 0.333. The van der Waals surface area contributed by atoms with Crippen LogP contribution in [0.1, 0.15) is 18.9 Å². The molecule has 0 heterocycles. The van der Waals surface area contributed by atoms with Crippen LogP contribution in [0.5, 0.6) is 0 Å². The molecule has 0 amide bonds. The van der Waals surface area contributed by atoms with E-state index >= 15 is 0 Å². The van der Waals surface area contributed by atoms with Gasteiger partial charge in [-0.05, 0) is 18.9 Å². The van der Waals surface area contributed by atoms with Crippen LogP contribution in [0.25, 0.3) is 0 Å². The second kappa shape index (κ2) is 5.40. The van der Waals surface area contributed by atoms with Crippen LogP contribution in [-0.2, 0) is 6.42 Å². The van der Waals surface area contributed by atoms with E-state index in [1.165, 1.54) is 5.56 Å². The van der Waals surface area contributed by atoms with E-state index in [0.717, 1.165) is 12.8 Å². The molecule has 1 aromatic carbocycles. The van der Waals surface area contributed by atoms with Crippen LogP contribution in [0.3, 0.4) is 0 Å². The van der Waals surface area contributed by atoms with E-state index in [9.17, 15) is 0 Å². The number of nitrogens with two attached hydrogens (primary N) is 1. The minimum atomic E-state index is 0.162. The van der Waals surface area contributed by atoms with Gasteiger partial charge in [-0.2, -0.15) is 0 Å². The number of rotatable bonds is 3. The van der Waals surface area contributed by atoms with Crippen molar-refractivity contribution in [1.29, 1.82) is 0 Å². The predicted molar refractivity (Wildman–Crippen MR) is 56.2 cm³/mol. The predicted octanol–water partition coefficient (Wildman–Crippen LogP) is 1.97. The monoisotopic (exact) mass is 173 g/mol. The summed E-state index contributed by atoms with van der Waals surface area (Å²) in [5.74, 6) is 5.85. The summed E-state index contributed by atoms with van der Waals surface area (Å²) in [6, 6.07) is 10.4. The highest BCUT2D eigenvalue weighted by atomic mass is 14.6. The summed E-state index contributed by atoms with van der Waals surface area (Å²) in [5, 5.41) is 0. The maximum absolute atomic E-state index is 5.89. The zero-order valence-electron chi connectivity index (χ0n) is 7.96. The quantitative estimate of drug-likeness (QED) is 0.695. The molecule has 0 aliphatic rings. The molecule has 1 nitrogen and oxygen atoms in total. The van der Waals surface area contributed by atoms with Crippen molar-refractivity contribution in [3.63, 3.8) is 0 Å². The third-order valence-corrected chi connectivity index (χ3v) is 1.88. The lowest BCUT2D eigenvalue weighted by Crippen LogP contribution is -2.21. The lowest BCUT2D eigenvalue weighted by Gasteiger charge is -2.07. The minimum Gasteiger partial charge on any atom is -0.327 e. The lowest BCUT2D eigenvalue weighted by molar-refractivity contribution is 0.689. The smallest absolute Gasteiger partial charge is 0.0244 e. The van der Waals surface area contributed by atoms with Crippen molar-refractivity contribution < 1.29 is 0 Å². The van der Waals surface area contributed by atoms with Gasteiger partial charge >= 0.3 is 0 Å². The summed E-state index contributed by atoms with van der Waals surface area (Å²) >= 11 is 0. The molecule has 1 atom stereocenters. The molecule has 2 N–H and O–H groups in total. The first kappa shape index (κ1) is 9.83. The van der Waals surface area contributed by atoms with Crippen molar-refractivity contribution >= 4 is 0 Å². The molecule has 68 valence electrons. The summed E-state index contributed by atoms with van der Waals surface area (Å²) < 4.78 is 0. The van der Waals surface area contributed by atoms with Gasteiger partial charge in [0.2, 0.25) is 0 Å². The van der Waals surface area contributed by atoms with E-state index < -0.39 is 0 Å². The van der Waals surface area contributed by atoms with Crippen LogP contribution in [0.15, 0.2) is 30.3 Å². The van der Waals surface area contributed by atoms with Crippen molar-refractivity contribution in [3.05, 3.63) is 35.9 Å². The molecule has 1 aromatic rings. The second-order valence-corrected chi connectivity index (χ2v) is 3.08. The minimum absolute atomic E-state index is 0.162. The average molecular weight is 173 g/mol. The van der Waals surface area contributed by atoms with E-state index in [0.29, 0.717) is 0 Å². The first-order chi connectivity index (χ1) is 6.33. The Bertz CT molecular complexity index is 292. The summed E-state index contributed by atoms with van der Waals surface area (Å²) in [6.07, 6.45) is 1.70. The van der Waals surface area contributed by atoms with Crippen molar-refractivity contribution in [3.8, 4) is 11.8 Å². The fourth-order valence-electron chi connectivity index (χ4n) is 1.22. The van der Waals surface area contributed by atoms with Gasteiger partial charge in [-0.3, -0.25) is 0 Å². The molecule has 0 bridgehead atoms. The van der Waals surface area contributed by atoms with Crippen LogP contribution >= 0.6 is 0 Å². The van der Waals surface area contributed by atoms with Gasteiger partial charge in [-0.15, -0.1) is 11.8 Å². The molecular weight excluding hydrogens is 158 g/mol. The number of hydrogen-bond acceptors (Lipinski definition) is 1. The van der Waals surface area contributed by atoms with Gasteiger partial charge in [0.05, 0.1) is 0 Å². The highest BCUT2D eigenvalue weighted by Gasteiger charge is 2.00. The van der Waals surface area contributed by atoms with Gasteiger partial charge in [0.15, 0.2) is 0 Å². The van der Waals surface area contributed by atoms with Gasteiger partial charge in [-0.25, -0.2) is 0 Å². The standard InChI is InChI=1S/C12H15N/c1-2-3-9-12(13)10-11-7-5-4-6-8-11/h4-8,12H,9-10,13H2,1H3. The molecule has 0 aliphatic heterocycles.